The van der Waals surface area contributed by atoms with Crippen LogP contribution in [-0.4, -0.2) is 25.8 Å². The molecule has 0 spiro atoms. The fraction of sp³-hybridized carbons (Fsp3) is 0.0909. The molecule has 1 aromatic carbocycles. The second-order valence-electron chi connectivity index (χ2n) is 3.71. The molecule has 0 aliphatic heterocycles. The number of hydrogen-bond acceptors (Lipinski definition) is 4. The van der Waals surface area contributed by atoms with Gasteiger partial charge in [0.15, 0.2) is 5.82 Å². The lowest BCUT2D eigenvalue weighted by atomic mass is 10.2. The lowest BCUT2D eigenvalue weighted by molar-refractivity contribution is 0.562. The number of hydrogen-bond donors (Lipinski definition) is 2. The maximum absolute atomic E-state index is 11.2. The van der Waals surface area contributed by atoms with Crippen molar-refractivity contribution < 1.29 is 8.76 Å². The number of rotatable bonds is 4. The van der Waals surface area contributed by atoms with E-state index in [1.165, 1.54) is 17.5 Å². The van der Waals surface area contributed by atoms with Gasteiger partial charge in [-0.2, -0.15) is 4.98 Å². The molecule has 1 atom stereocenters. The molecule has 0 aliphatic carbocycles. The third-order valence-corrected chi connectivity index (χ3v) is 3.57. The summed E-state index contributed by atoms with van der Waals surface area (Å²) in [5.74, 6) is 0.316. The Bertz CT molecular complexity index is 656. The first kappa shape index (κ1) is 15.0. The van der Waals surface area contributed by atoms with E-state index in [4.69, 9.17) is 27.8 Å². The van der Waals surface area contributed by atoms with Gasteiger partial charge in [0.25, 0.3) is 11.3 Å². The van der Waals surface area contributed by atoms with Gasteiger partial charge in [0.1, 0.15) is 5.02 Å². The van der Waals surface area contributed by atoms with Crippen LogP contribution in [0.25, 0.3) is 0 Å². The van der Waals surface area contributed by atoms with E-state index >= 15 is 0 Å². The molecular formula is C11H10Cl2N4O2S. The van der Waals surface area contributed by atoms with E-state index in [1.807, 2.05) is 0 Å². The Hall–Kier alpha value is -1.41. The highest BCUT2D eigenvalue weighted by Gasteiger charge is 2.13. The Labute approximate surface area is 128 Å². The highest BCUT2D eigenvalue weighted by atomic mass is 35.5. The van der Waals surface area contributed by atoms with Crippen molar-refractivity contribution in [1.29, 1.82) is 0 Å². The van der Waals surface area contributed by atoms with Crippen LogP contribution in [0.2, 0.25) is 10.3 Å². The van der Waals surface area contributed by atoms with E-state index in [0.29, 0.717) is 17.2 Å². The van der Waals surface area contributed by atoms with Gasteiger partial charge in [-0.15, -0.1) is 0 Å². The minimum Gasteiger partial charge on any atom is -0.337 e. The van der Waals surface area contributed by atoms with Gasteiger partial charge >= 0.3 is 0 Å². The lowest BCUT2D eigenvalue weighted by Crippen LogP contribution is -2.20. The van der Waals surface area contributed by atoms with Gasteiger partial charge in [0, 0.05) is 7.05 Å². The van der Waals surface area contributed by atoms with Gasteiger partial charge < -0.3 is 5.32 Å². The summed E-state index contributed by atoms with van der Waals surface area (Å²) in [6.45, 7) is 0. The van der Waals surface area contributed by atoms with E-state index in [0.717, 1.165) is 0 Å². The van der Waals surface area contributed by atoms with Crippen molar-refractivity contribution in [2.75, 3.05) is 16.7 Å². The predicted octanol–water partition coefficient (Wildman–Crippen LogP) is 3.10. The topological polar surface area (TPSA) is 78.3 Å². The zero-order chi connectivity index (χ0) is 14.7. The largest absolute Gasteiger partial charge is 0.337 e. The van der Waals surface area contributed by atoms with Crippen molar-refractivity contribution >= 4 is 51.7 Å². The van der Waals surface area contributed by atoms with Gasteiger partial charge in [-0.1, -0.05) is 23.7 Å². The summed E-state index contributed by atoms with van der Waals surface area (Å²) in [4.78, 5) is 7.72. The van der Waals surface area contributed by atoms with Crippen LogP contribution in [0.4, 0.5) is 17.2 Å². The Morgan fingerprint density at radius 3 is 2.75 bits per heavy atom. The summed E-state index contributed by atoms with van der Waals surface area (Å²) in [5.41, 5.74) is 1.08. The normalized spacial score (nSPS) is 12.0. The van der Waals surface area contributed by atoms with Crippen LogP contribution in [0.5, 0.6) is 0 Å². The summed E-state index contributed by atoms with van der Waals surface area (Å²) in [6.07, 6.45) is 1.37. The number of aromatic nitrogens is 2. The molecule has 0 bridgehead atoms. The van der Waals surface area contributed by atoms with E-state index in [1.54, 1.807) is 24.3 Å². The minimum absolute atomic E-state index is 0.0495. The average Bonchev–Trinajstić information content (AvgIpc) is 2.42. The summed E-state index contributed by atoms with van der Waals surface area (Å²) >= 11 is 9.55. The first-order valence-corrected chi connectivity index (χ1v) is 7.20. The Balaban J connectivity index is 2.39. The first-order valence-electron chi connectivity index (χ1n) is 5.38. The molecule has 0 aliphatic rings. The fourth-order valence-electron chi connectivity index (χ4n) is 1.50. The summed E-state index contributed by atoms with van der Waals surface area (Å²) < 4.78 is 21.5. The lowest BCUT2D eigenvalue weighted by Gasteiger charge is -2.18. The van der Waals surface area contributed by atoms with E-state index in [2.05, 4.69) is 15.3 Å². The Morgan fingerprint density at radius 2 is 2.05 bits per heavy atom. The van der Waals surface area contributed by atoms with Crippen molar-refractivity contribution in [3.05, 3.63) is 40.8 Å². The first-order chi connectivity index (χ1) is 9.49. The molecule has 9 heteroatoms. The molecular weight excluding hydrogens is 323 g/mol. The fourth-order valence-corrected chi connectivity index (χ4v) is 2.10. The molecule has 106 valence electrons. The molecule has 1 aromatic heterocycles. The van der Waals surface area contributed by atoms with E-state index in [9.17, 15) is 4.21 Å². The van der Waals surface area contributed by atoms with Crippen LogP contribution in [0.3, 0.4) is 0 Å². The van der Waals surface area contributed by atoms with Crippen LogP contribution < -0.4 is 9.62 Å². The van der Waals surface area contributed by atoms with Crippen molar-refractivity contribution in [2.24, 2.45) is 0 Å². The zero-order valence-corrected chi connectivity index (χ0v) is 12.6. The number of anilines is 3. The molecule has 1 unspecified atom stereocenters. The van der Waals surface area contributed by atoms with Crippen molar-refractivity contribution in [2.45, 2.75) is 0 Å². The monoisotopic (exact) mass is 332 g/mol. The minimum atomic E-state index is -2.14. The number of halogens is 2. The number of benzene rings is 1. The van der Waals surface area contributed by atoms with Gasteiger partial charge in [-0.05, 0) is 23.7 Å². The SMILES string of the molecule is CN(c1ccccc1Nc1nc(Cl)ncc1Cl)S(=O)O. The molecule has 0 saturated heterocycles. The van der Waals surface area contributed by atoms with Gasteiger partial charge in [-0.3, -0.25) is 8.86 Å². The highest BCUT2D eigenvalue weighted by Crippen LogP contribution is 2.30. The molecule has 2 N–H and O–H groups in total. The molecule has 0 saturated carbocycles. The van der Waals surface area contributed by atoms with Gasteiger partial charge in [-0.25, -0.2) is 9.19 Å². The predicted molar refractivity (Wildman–Crippen MR) is 81.0 cm³/mol. The van der Waals surface area contributed by atoms with Crippen LogP contribution >= 0.6 is 23.2 Å². The second kappa shape index (κ2) is 6.36. The van der Waals surface area contributed by atoms with Crippen LogP contribution in [0.1, 0.15) is 0 Å². The summed E-state index contributed by atoms with van der Waals surface area (Å²) in [5, 5.41) is 3.30. The molecule has 20 heavy (non-hydrogen) atoms. The van der Waals surface area contributed by atoms with Crippen molar-refractivity contribution in [3.63, 3.8) is 0 Å². The molecule has 0 amide bonds. The number of nitrogens with zero attached hydrogens (tertiary/aromatic N) is 3. The summed E-state index contributed by atoms with van der Waals surface area (Å²) in [7, 11) is 1.49. The second-order valence-corrected chi connectivity index (χ2v) is 5.46. The van der Waals surface area contributed by atoms with Crippen molar-refractivity contribution in [3.8, 4) is 0 Å². The standard InChI is InChI=1S/C11H10Cl2N4O2S/c1-17(20(18)19)9-5-3-2-4-8(9)15-10-7(12)6-14-11(13)16-10/h2-6H,1H3,(H,18,19)(H,14,15,16). The summed E-state index contributed by atoms with van der Waals surface area (Å²) in [6, 6.07) is 6.94. The van der Waals surface area contributed by atoms with Crippen LogP contribution in [0.15, 0.2) is 30.5 Å². The number of nitrogens with one attached hydrogen (secondary N) is 1. The van der Waals surface area contributed by atoms with Crippen LogP contribution in [0, 0.1) is 0 Å². The van der Waals surface area contributed by atoms with E-state index in [-0.39, 0.29) is 10.3 Å². The average molecular weight is 333 g/mol. The third-order valence-electron chi connectivity index (χ3n) is 2.45. The number of para-hydroxylation sites is 2. The Kier molecular flexibility index (Phi) is 4.77. The maximum atomic E-state index is 11.2. The maximum Gasteiger partial charge on any atom is 0.261 e. The molecule has 6 nitrogen and oxygen atoms in total. The quantitative estimate of drug-likeness (QED) is 0.664. The highest BCUT2D eigenvalue weighted by molar-refractivity contribution is 7.80. The van der Waals surface area contributed by atoms with E-state index < -0.39 is 11.3 Å². The third kappa shape index (κ3) is 3.37. The molecule has 0 radical (unpaired) electrons. The Morgan fingerprint density at radius 1 is 1.35 bits per heavy atom. The zero-order valence-electron chi connectivity index (χ0n) is 10.2. The molecule has 1 heterocycles. The van der Waals surface area contributed by atoms with Gasteiger partial charge in [0.2, 0.25) is 5.28 Å². The van der Waals surface area contributed by atoms with Crippen molar-refractivity contribution in [1.82, 2.24) is 9.97 Å². The van der Waals surface area contributed by atoms with Crippen LogP contribution in [-0.2, 0) is 11.3 Å². The molecule has 0 fully saturated rings. The molecule has 2 aromatic rings. The molecule has 2 rings (SSSR count). The smallest absolute Gasteiger partial charge is 0.261 e. The van der Waals surface area contributed by atoms with Gasteiger partial charge in [0.05, 0.1) is 17.6 Å².